The molecule has 82 valence electrons. The molecular weight excluding hydrogens is 210 g/mol. The number of halogens is 1. The lowest BCUT2D eigenvalue weighted by molar-refractivity contribution is 0.175. The third-order valence-corrected chi connectivity index (χ3v) is 3.40. The largest absolute Gasteiger partial charge is 0.380 e. The summed E-state index contributed by atoms with van der Waals surface area (Å²) in [6, 6.07) is 8.05. The van der Waals surface area contributed by atoms with Crippen LogP contribution in [-0.4, -0.2) is 19.8 Å². The van der Waals surface area contributed by atoms with Crippen LogP contribution in [0.25, 0.3) is 0 Å². The minimum Gasteiger partial charge on any atom is -0.380 e. The number of ether oxygens (including phenoxy) is 1. The van der Waals surface area contributed by atoms with Gasteiger partial charge in [-0.2, -0.15) is 0 Å². The van der Waals surface area contributed by atoms with Crippen LogP contribution in [0.5, 0.6) is 0 Å². The van der Waals surface area contributed by atoms with E-state index in [-0.39, 0.29) is 5.41 Å². The van der Waals surface area contributed by atoms with Crippen molar-refractivity contribution in [1.82, 2.24) is 0 Å². The molecule has 1 aliphatic heterocycles. The highest BCUT2D eigenvalue weighted by Crippen LogP contribution is 2.36. The lowest BCUT2D eigenvalue weighted by Crippen LogP contribution is -2.29. The maximum atomic E-state index is 6.01. The van der Waals surface area contributed by atoms with Gasteiger partial charge in [0, 0.05) is 17.0 Å². The first-order valence-electron chi connectivity index (χ1n) is 5.31. The second-order valence-corrected chi connectivity index (χ2v) is 4.57. The molecule has 0 aliphatic carbocycles. The van der Waals surface area contributed by atoms with Crippen LogP contribution in [0, 0.1) is 0 Å². The molecule has 2 N–H and O–H groups in total. The Morgan fingerprint density at radius 3 is 2.93 bits per heavy atom. The number of rotatable bonds is 3. The summed E-state index contributed by atoms with van der Waals surface area (Å²) in [5.41, 5.74) is 7.04. The Kier molecular flexibility index (Phi) is 3.29. The molecule has 0 saturated carbocycles. The molecule has 1 heterocycles. The van der Waals surface area contributed by atoms with Gasteiger partial charge in [-0.25, -0.2) is 0 Å². The molecule has 1 unspecified atom stereocenters. The first kappa shape index (κ1) is 10.9. The topological polar surface area (TPSA) is 35.2 Å². The van der Waals surface area contributed by atoms with Crippen molar-refractivity contribution in [3.8, 4) is 0 Å². The van der Waals surface area contributed by atoms with Gasteiger partial charge in [0.25, 0.3) is 0 Å². The maximum Gasteiger partial charge on any atom is 0.0564 e. The van der Waals surface area contributed by atoms with Gasteiger partial charge >= 0.3 is 0 Å². The van der Waals surface area contributed by atoms with Gasteiger partial charge in [0.2, 0.25) is 0 Å². The van der Waals surface area contributed by atoms with Gasteiger partial charge in [-0.3, -0.25) is 0 Å². The molecule has 0 spiro atoms. The zero-order valence-corrected chi connectivity index (χ0v) is 9.46. The molecule has 1 aliphatic rings. The molecule has 1 atom stereocenters. The molecule has 1 fully saturated rings. The molecule has 0 amide bonds. The Labute approximate surface area is 95.4 Å². The monoisotopic (exact) mass is 225 g/mol. The van der Waals surface area contributed by atoms with Crippen LogP contribution in [0.2, 0.25) is 5.02 Å². The van der Waals surface area contributed by atoms with Crippen molar-refractivity contribution < 1.29 is 4.74 Å². The van der Waals surface area contributed by atoms with E-state index in [1.807, 2.05) is 18.2 Å². The Bertz CT molecular complexity index is 334. The van der Waals surface area contributed by atoms with Crippen LogP contribution in [0.15, 0.2) is 24.3 Å². The van der Waals surface area contributed by atoms with Crippen molar-refractivity contribution >= 4 is 11.6 Å². The van der Waals surface area contributed by atoms with Crippen molar-refractivity contribution in [2.45, 2.75) is 18.3 Å². The average molecular weight is 226 g/mol. The van der Waals surface area contributed by atoms with E-state index in [9.17, 15) is 0 Å². The van der Waals surface area contributed by atoms with Gasteiger partial charge in [-0.1, -0.05) is 23.7 Å². The summed E-state index contributed by atoms with van der Waals surface area (Å²) in [7, 11) is 0. The van der Waals surface area contributed by atoms with E-state index in [2.05, 4.69) is 6.07 Å². The lowest BCUT2D eigenvalue weighted by atomic mass is 9.77. The normalized spacial score (nSPS) is 25.7. The summed E-state index contributed by atoms with van der Waals surface area (Å²) in [4.78, 5) is 0. The van der Waals surface area contributed by atoms with Crippen LogP contribution >= 0.6 is 11.6 Å². The molecule has 2 nitrogen and oxygen atoms in total. The zero-order chi connectivity index (χ0) is 10.7. The van der Waals surface area contributed by atoms with E-state index in [1.54, 1.807) is 0 Å². The third kappa shape index (κ3) is 2.17. The summed E-state index contributed by atoms with van der Waals surface area (Å²) in [6.07, 6.45) is 2.01. The molecule has 1 aromatic rings. The van der Waals surface area contributed by atoms with Crippen LogP contribution in [0.4, 0.5) is 0 Å². The molecule has 3 heteroatoms. The molecule has 0 aromatic heterocycles. The van der Waals surface area contributed by atoms with Crippen molar-refractivity contribution in [3.05, 3.63) is 34.9 Å². The zero-order valence-electron chi connectivity index (χ0n) is 8.71. The summed E-state index contributed by atoms with van der Waals surface area (Å²) < 4.78 is 5.51. The van der Waals surface area contributed by atoms with Crippen LogP contribution in [-0.2, 0) is 10.2 Å². The fourth-order valence-electron chi connectivity index (χ4n) is 2.27. The minimum absolute atomic E-state index is 0.0969. The van der Waals surface area contributed by atoms with E-state index >= 15 is 0 Å². The summed E-state index contributed by atoms with van der Waals surface area (Å²) in [6.45, 7) is 2.28. The van der Waals surface area contributed by atoms with Gasteiger partial charge < -0.3 is 10.5 Å². The fourth-order valence-corrected chi connectivity index (χ4v) is 2.46. The Hall–Kier alpha value is -0.570. The second-order valence-electron chi connectivity index (χ2n) is 4.13. The number of benzene rings is 1. The minimum atomic E-state index is 0.0969. The van der Waals surface area contributed by atoms with Gasteiger partial charge in [-0.05, 0) is 37.1 Å². The predicted octanol–water partition coefficient (Wildman–Crippen LogP) is 2.35. The summed E-state index contributed by atoms with van der Waals surface area (Å²) >= 11 is 6.01. The SMILES string of the molecule is NCCC1(c2cccc(Cl)c2)CCOC1. The lowest BCUT2D eigenvalue weighted by Gasteiger charge is -2.27. The Morgan fingerprint density at radius 1 is 1.47 bits per heavy atom. The molecular formula is C12H16ClNO. The molecule has 2 rings (SSSR count). The summed E-state index contributed by atoms with van der Waals surface area (Å²) in [5.74, 6) is 0. The van der Waals surface area contributed by atoms with Crippen molar-refractivity contribution in [2.75, 3.05) is 19.8 Å². The highest BCUT2D eigenvalue weighted by atomic mass is 35.5. The molecule has 0 radical (unpaired) electrons. The van der Waals surface area contributed by atoms with E-state index < -0.39 is 0 Å². The highest BCUT2D eigenvalue weighted by Gasteiger charge is 2.35. The van der Waals surface area contributed by atoms with Crippen molar-refractivity contribution in [2.24, 2.45) is 5.73 Å². The molecule has 0 bridgehead atoms. The van der Waals surface area contributed by atoms with E-state index in [4.69, 9.17) is 22.1 Å². The van der Waals surface area contributed by atoms with Crippen LogP contribution < -0.4 is 5.73 Å². The van der Waals surface area contributed by atoms with E-state index in [1.165, 1.54) is 5.56 Å². The standard InChI is InChI=1S/C12H16ClNO/c13-11-3-1-2-10(8-11)12(4-6-14)5-7-15-9-12/h1-3,8H,4-7,9,14H2. The molecule has 1 aromatic carbocycles. The number of nitrogens with two attached hydrogens (primary N) is 1. The van der Waals surface area contributed by atoms with Gasteiger partial charge in [0.1, 0.15) is 0 Å². The average Bonchev–Trinajstić information content (AvgIpc) is 2.68. The first-order valence-corrected chi connectivity index (χ1v) is 5.68. The van der Waals surface area contributed by atoms with Crippen LogP contribution in [0.1, 0.15) is 18.4 Å². The van der Waals surface area contributed by atoms with Crippen molar-refractivity contribution in [1.29, 1.82) is 0 Å². The van der Waals surface area contributed by atoms with Gasteiger partial charge in [-0.15, -0.1) is 0 Å². The third-order valence-electron chi connectivity index (χ3n) is 3.16. The Balaban J connectivity index is 2.31. The van der Waals surface area contributed by atoms with Gasteiger partial charge in [0.05, 0.1) is 6.61 Å². The molecule has 1 saturated heterocycles. The highest BCUT2D eigenvalue weighted by molar-refractivity contribution is 6.30. The molecule has 15 heavy (non-hydrogen) atoms. The number of hydrogen-bond donors (Lipinski definition) is 1. The van der Waals surface area contributed by atoms with Gasteiger partial charge in [0.15, 0.2) is 0 Å². The fraction of sp³-hybridized carbons (Fsp3) is 0.500. The second kappa shape index (κ2) is 4.52. The Morgan fingerprint density at radius 2 is 2.33 bits per heavy atom. The number of hydrogen-bond acceptors (Lipinski definition) is 2. The predicted molar refractivity (Wildman–Crippen MR) is 62.2 cm³/mol. The first-order chi connectivity index (χ1) is 7.27. The smallest absolute Gasteiger partial charge is 0.0564 e. The van der Waals surface area contributed by atoms with E-state index in [0.29, 0.717) is 6.54 Å². The summed E-state index contributed by atoms with van der Waals surface area (Å²) in [5, 5.41) is 0.788. The van der Waals surface area contributed by atoms with E-state index in [0.717, 1.165) is 31.1 Å². The van der Waals surface area contributed by atoms with Crippen molar-refractivity contribution in [3.63, 3.8) is 0 Å². The maximum absolute atomic E-state index is 6.01. The quantitative estimate of drug-likeness (QED) is 0.857. The van der Waals surface area contributed by atoms with Crippen LogP contribution in [0.3, 0.4) is 0 Å².